The van der Waals surface area contributed by atoms with Crippen molar-refractivity contribution in [1.29, 1.82) is 5.26 Å². The van der Waals surface area contributed by atoms with Gasteiger partial charge >= 0.3 is 0 Å². The van der Waals surface area contributed by atoms with Crippen molar-refractivity contribution >= 4 is 27.5 Å². The summed E-state index contributed by atoms with van der Waals surface area (Å²) < 4.78 is 19.6. The molecule has 2 nitrogen and oxygen atoms in total. The van der Waals surface area contributed by atoms with Crippen LogP contribution in [0.1, 0.15) is 11.1 Å². The molecule has 0 bridgehead atoms. The van der Waals surface area contributed by atoms with Crippen LogP contribution in [0.4, 0.5) is 4.39 Å². The summed E-state index contributed by atoms with van der Waals surface area (Å²) in [6.45, 7) is 0.104. The second-order valence-electron chi connectivity index (χ2n) is 3.75. The van der Waals surface area contributed by atoms with Gasteiger partial charge in [0.15, 0.2) is 0 Å². The fourth-order valence-electron chi connectivity index (χ4n) is 1.53. The molecule has 0 radical (unpaired) electrons. The van der Waals surface area contributed by atoms with E-state index in [-0.39, 0.29) is 11.6 Å². The van der Waals surface area contributed by atoms with E-state index < -0.39 is 5.82 Å². The van der Waals surface area contributed by atoms with E-state index in [1.807, 2.05) is 6.07 Å². The Morgan fingerprint density at radius 2 is 2.11 bits per heavy atom. The Morgan fingerprint density at radius 3 is 2.84 bits per heavy atom. The topological polar surface area (TPSA) is 33.0 Å². The van der Waals surface area contributed by atoms with E-state index in [1.54, 1.807) is 30.3 Å². The highest BCUT2D eigenvalue weighted by atomic mass is 79.9. The maximum atomic E-state index is 13.3. The molecule has 2 aromatic carbocycles. The predicted octanol–water partition coefficient (Wildman–Crippen LogP) is 4.69. The summed E-state index contributed by atoms with van der Waals surface area (Å²) in [5, 5.41) is 9.04. The third kappa shape index (κ3) is 3.25. The molecular formula is C14H8BrClFNO. The molecule has 96 valence electrons. The molecule has 0 fully saturated rings. The van der Waals surface area contributed by atoms with Crippen LogP contribution in [0, 0.1) is 17.1 Å². The third-order valence-corrected chi connectivity index (χ3v) is 3.39. The van der Waals surface area contributed by atoms with E-state index >= 15 is 0 Å². The molecule has 0 aliphatic heterocycles. The first kappa shape index (κ1) is 13.9. The molecule has 5 heteroatoms. The zero-order chi connectivity index (χ0) is 13.8. The normalized spacial score (nSPS) is 10.0. The lowest BCUT2D eigenvalue weighted by atomic mass is 10.2. The van der Waals surface area contributed by atoms with Gasteiger partial charge in [0, 0.05) is 10.0 Å². The SMILES string of the molecule is N#Cc1cc(Br)ccc1OCc1cccc(F)c1Cl. The van der Waals surface area contributed by atoms with E-state index in [4.69, 9.17) is 21.6 Å². The van der Waals surface area contributed by atoms with Crippen molar-refractivity contribution in [2.45, 2.75) is 6.61 Å². The molecule has 0 aliphatic carbocycles. The van der Waals surface area contributed by atoms with Crippen molar-refractivity contribution in [2.75, 3.05) is 0 Å². The molecule has 0 spiro atoms. The average Bonchev–Trinajstić information content (AvgIpc) is 2.41. The molecule has 0 N–H and O–H groups in total. The van der Waals surface area contributed by atoms with Gasteiger partial charge in [-0.05, 0) is 24.3 Å². The Balaban J connectivity index is 2.20. The molecule has 0 saturated carbocycles. The Hall–Kier alpha value is -1.57. The number of halogens is 3. The minimum Gasteiger partial charge on any atom is -0.487 e. The van der Waals surface area contributed by atoms with Crippen LogP contribution in [0.3, 0.4) is 0 Å². The van der Waals surface area contributed by atoms with E-state index in [2.05, 4.69) is 15.9 Å². The van der Waals surface area contributed by atoms with Crippen LogP contribution in [-0.2, 0) is 6.61 Å². The van der Waals surface area contributed by atoms with Gasteiger partial charge in [-0.2, -0.15) is 5.26 Å². The quantitative estimate of drug-likeness (QED) is 0.812. The molecule has 0 saturated heterocycles. The van der Waals surface area contributed by atoms with Crippen molar-refractivity contribution < 1.29 is 9.13 Å². The van der Waals surface area contributed by atoms with Crippen LogP contribution in [0.2, 0.25) is 5.02 Å². The van der Waals surface area contributed by atoms with E-state index in [0.29, 0.717) is 16.9 Å². The Bertz CT molecular complexity index is 654. The number of rotatable bonds is 3. The summed E-state index contributed by atoms with van der Waals surface area (Å²) in [5.41, 5.74) is 0.940. The Morgan fingerprint density at radius 1 is 1.32 bits per heavy atom. The van der Waals surface area contributed by atoms with Gasteiger partial charge in [-0.3, -0.25) is 0 Å². The summed E-state index contributed by atoms with van der Waals surface area (Å²) >= 11 is 9.11. The van der Waals surface area contributed by atoms with Crippen molar-refractivity contribution in [2.24, 2.45) is 0 Å². The molecule has 0 unspecified atom stereocenters. The first-order chi connectivity index (χ1) is 9.11. The van der Waals surface area contributed by atoms with Crippen LogP contribution in [0.15, 0.2) is 40.9 Å². The second-order valence-corrected chi connectivity index (χ2v) is 5.05. The number of hydrogen-bond donors (Lipinski definition) is 0. The first-order valence-corrected chi connectivity index (χ1v) is 6.54. The lowest BCUT2D eigenvalue weighted by Gasteiger charge is -2.09. The Kier molecular flexibility index (Phi) is 4.41. The highest BCUT2D eigenvalue weighted by Gasteiger charge is 2.08. The van der Waals surface area contributed by atoms with Gasteiger partial charge in [-0.15, -0.1) is 0 Å². The maximum Gasteiger partial charge on any atom is 0.142 e. The number of hydrogen-bond acceptors (Lipinski definition) is 2. The van der Waals surface area contributed by atoms with Crippen LogP contribution >= 0.6 is 27.5 Å². The average molecular weight is 341 g/mol. The largest absolute Gasteiger partial charge is 0.487 e. The molecule has 0 aliphatic rings. The van der Waals surface area contributed by atoms with Gasteiger partial charge in [0.1, 0.15) is 24.2 Å². The standard InChI is InChI=1S/C14H8BrClFNO/c15-11-4-5-13(10(6-11)7-18)19-8-9-2-1-3-12(17)14(9)16/h1-6H,8H2. The van der Waals surface area contributed by atoms with Gasteiger partial charge in [0.2, 0.25) is 0 Å². The zero-order valence-electron chi connectivity index (χ0n) is 9.66. The van der Waals surface area contributed by atoms with Gasteiger partial charge in [-0.25, -0.2) is 4.39 Å². The first-order valence-electron chi connectivity index (χ1n) is 5.37. The summed E-state index contributed by atoms with van der Waals surface area (Å²) in [4.78, 5) is 0. The smallest absolute Gasteiger partial charge is 0.142 e. The van der Waals surface area contributed by atoms with Crippen LogP contribution in [0.5, 0.6) is 5.75 Å². The fraction of sp³-hybridized carbons (Fsp3) is 0.0714. The van der Waals surface area contributed by atoms with Crippen LogP contribution < -0.4 is 4.74 Å². The van der Waals surface area contributed by atoms with Gasteiger partial charge in [-0.1, -0.05) is 39.7 Å². The van der Waals surface area contributed by atoms with E-state index in [0.717, 1.165) is 4.47 Å². The van der Waals surface area contributed by atoms with Crippen LogP contribution in [0.25, 0.3) is 0 Å². The van der Waals surface area contributed by atoms with Crippen molar-refractivity contribution in [3.8, 4) is 11.8 Å². The molecular weight excluding hydrogens is 333 g/mol. The second kappa shape index (κ2) is 6.05. The third-order valence-electron chi connectivity index (χ3n) is 2.48. The summed E-state index contributed by atoms with van der Waals surface area (Å²) in [5.74, 6) is -0.0508. The van der Waals surface area contributed by atoms with Crippen molar-refractivity contribution in [3.05, 3.63) is 62.8 Å². The molecule has 0 heterocycles. The lowest BCUT2D eigenvalue weighted by molar-refractivity contribution is 0.304. The molecule has 0 aromatic heterocycles. The summed E-state index contributed by atoms with van der Waals surface area (Å²) in [6.07, 6.45) is 0. The minimum absolute atomic E-state index is 0.0399. The monoisotopic (exact) mass is 339 g/mol. The molecule has 19 heavy (non-hydrogen) atoms. The fourth-order valence-corrected chi connectivity index (χ4v) is 2.07. The summed E-state index contributed by atoms with van der Waals surface area (Å²) in [7, 11) is 0. The summed E-state index contributed by atoms with van der Waals surface area (Å²) in [6, 6.07) is 11.7. The molecule has 0 atom stereocenters. The van der Waals surface area contributed by atoms with E-state index in [1.165, 1.54) is 6.07 Å². The van der Waals surface area contributed by atoms with Crippen LogP contribution in [-0.4, -0.2) is 0 Å². The molecule has 0 amide bonds. The van der Waals surface area contributed by atoms with Crippen molar-refractivity contribution in [1.82, 2.24) is 0 Å². The lowest BCUT2D eigenvalue weighted by Crippen LogP contribution is -1.99. The number of nitrogens with zero attached hydrogens (tertiary/aromatic N) is 1. The zero-order valence-corrected chi connectivity index (χ0v) is 12.0. The van der Waals surface area contributed by atoms with Crippen molar-refractivity contribution in [3.63, 3.8) is 0 Å². The van der Waals surface area contributed by atoms with E-state index in [9.17, 15) is 4.39 Å². The molecule has 2 aromatic rings. The Labute approximate surface area is 123 Å². The molecule has 2 rings (SSSR count). The predicted molar refractivity (Wildman–Crippen MR) is 74.6 cm³/mol. The van der Waals surface area contributed by atoms with Gasteiger partial charge < -0.3 is 4.74 Å². The number of nitriles is 1. The minimum atomic E-state index is -0.487. The number of benzene rings is 2. The highest BCUT2D eigenvalue weighted by molar-refractivity contribution is 9.10. The number of ether oxygens (including phenoxy) is 1. The van der Waals surface area contributed by atoms with Gasteiger partial charge in [0.05, 0.1) is 10.6 Å². The highest BCUT2D eigenvalue weighted by Crippen LogP contribution is 2.25. The maximum absolute atomic E-state index is 13.3. The van der Waals surface area contributed by atoms with Gasteiger partial charge in [0.25, 0.3) is 0 Å².